The molecule has 1 aliphatic rings. The van der Waals surface area contributed by atoms with E-state index < -0.39 is 0 Å². The summed E-state index contributed by atoms with van der Waals surface area (Å²) < 4.78 is 7.71. The predicted molar refractivity (Wildman–Crippen MR) is 87.1 cm³/mol. The molecule has 22 heavy (non-hydrogen) atoms. The van der Waals surface area contributed by atoms with Gasteiger partial charge in [0, 0.05) is 38.6 Å². The summed E-state index contributed by atoms with van der Waals surface area (Å²) in [6, 6.07) is 10.6. The van der Waals surface area contributed by atoms with Crippen molar-refractivity contribution in [1.82, 2.24) is 19.6 Å². The fourth-order valence-corrected chi connectivity index (χ4v) is 2.88. The quantitative estimate of drug-likeness (QED) is 0.840. The summed E-state index contributed by atoms with van der Waals surface area (Å²) in [5, 5.41) is 4.25. The van der Waals surface area contributed by atoms with Crippen LogP contribution in [0.15, 0.2) is 42.7 Å². The van der Waals surface area contributed by atoms with Gasteiger partial charge < -0.3 is 9.64 Å². The number of aromatic nitrogens is 2. The minimum absolute atomic E-state index is 0.312. The van der Waals surface area contributed by atoms with Crippen LogP contribution in [-0.2, 0) is 11.3 Å². The first-order valence-corrected chi connectivity index (χ1v) is 7.78. The smallest absolute Gasteiger partial charge is 0.0829 e. The third-order valence-corrected chi connectivity index (χ3v) is 3.90. The van der Waals surface area contributed by atoms with Crippen molar-refractivity contribution in [2.45, 2.75) is 12.6 Å². The van der Waals surface area contributed by atoms with Gasteiger partial charge >= 0.3 is 0 Å². The van der Waals surface area contributed by atoms with Crippen molar-refractivity contribution in [2.75, 3.05) is 40.3 Å². The molecule has 0 bridgehead atoms. The normalized spacial score (nSPS) is 19.7. The highest BCUT2D eigenvalue weighted by Gasteiger charge is 2.20. The molecule has 1 saturated heterocycles. The van der Waals surface area contributed by atoms with Crippen LogP contribution in [0.3, 0.4) is 0 Å². The molecule has 0 aliphatic carbocycles. The second-order valence-corrected chi connectivity index (χ2v) is 6.11. The van der Waals surface area contributed by atoms with Gasteiger partial charge in [0.05, 0.1) is 18.4 Å². The Balaban J connectivity index is 1.58. The van der Waals surface area contributed by atoms with Gasteiger partial charge in [-0.3, -0.25) is 4.90 Å². The molecular formula is C17H24N4O. The molecule has 0 unspecified atom stereocenters. The van der Waals surface area contributed by atoms with Crippen molar-refractivity contribution >= 4 is 0 Å². The van der Waals surface area contributed by atoms with E-state index in [2.05, 4.69) is 53.3 Å². The molecule has 1 fully saturated rings. The van der Waals surface area contributed by atoms with Crippen LogP contribution < -0.4 is 0 Å². The molecular weight excluding hydrogens is 276 g/mol. The first kappa shape index (κ1) is 15.2. The van der Waals surface area contributed by atoms with E-state index in [9.17, 15) is 0 Å². The second-order valence-electron chi connectivity index (χ2n) is 6.11. The number of ether oxygens (including phenoxy) is 1. The van der Waals surface area contributed by atoms with E-state index in [1.54, 1.807) is 6.20 Å². The molecule has 2 heterocycles. The van der Waals surface area contributed by atoms with Crippen LogP contribution in [0.4, 0.5) is 0 Å². The Bertz CT molecular complexity index is 565. The first-order valence-electron chi connectivity index (χ1n) is 7.78. The van der Waals surface area contributed by atoms with Crippen LogP contribution in [0.2, 0.25) is 0 Å². The van der Waals surface area contributed by atoms with Gasteiger partial charge in [-0.05, 0) is 37.9 Å². The van der Waals surface area contributed by atoms with Crippen LogP contribution in [0.1, 0.15) is 5.56 Å². The van der Waals surface area contributed by atoms with Crippen molar-refractivity contribution in [3.8, 4) is 5.69 Å². The highest BCUT2D eigenvalue weighted by molar-refractivity contribution is 5.33. The minimum Gasteiger partial charge on any atom is -0.374 e. The van der Waals surface area contributed by atoms with Gasteiger partial charge in [0.2, 0.25) is 0 Å². The fourth-order valence-electron chi connectivity index (χ4n) is 2.88. The molecule has 1 aromatic heterocycles. The first-order chi connectivity index (χ1) is 10.7. The number of hydrogen-bond acceptors (Lipinski definition) is 4. The van der Waals surface area contributed by atoms with Crippen molar-refractivity contribution in [2.24, 2.45) is 0 Å². The summed E-state index contributed by atoms with van der Waals surface area (Å²) in [6.07, 6.45) is 4.07. The molecule has 2 aromatic rings. The van der Waals surface area contributed by atoms with Crippen molar-refractivity contribution < 1.29 is 4.74 Å². The Morgan fingerprint density at radius 2 is 2.09 bits per heavy atom. The number of morpholine rings is 1. The molecule has 118 valence electrons. The van der Waals surface area contributed by atoms with E-state index in [1.807, 2.05) is 16.9 Å². The van der Waals surface area contributed by atoms with Gasteiger partial charge in [-0.1, -0.05) is 12.1 Å². The predicted octanol–water partition coefficient (Wildman–Crippen LogP) is 1.63. The molecule has 0 saturated carbocycles. The van der Waals surface area contributed by atoms with Gasteiger partial charge in [0.25, 0.3) is 0 Å². The Hall–Kier alpha value is -1.69. The molecule has 0 spiro atoms. The summed E-state index contributed by atoms with van der Waals surface area (Å²) in [4.78, 5) is 4.66. The highest BCUT2D eigenvalue weighted by Crippen LogP contribution is 2.13. The lowest BCUT2D eigenvalue weighted by molar-refractivity contribution is -0.0406. The van der Waals surface area contributed by atoms with Gasteiger partial charge in [-0.2, -0.15) is 5.10 Å². The van der Waals surface area contributed by atoms with Crippen LogP contribution in [0.5, 0.6) is 0 Å². The lowest BCUT2D eigenvalue weighted by atomic mass is 10.1. The Morgan fingerprint density at radius 3 is 2.77 bits per heavy atom. The van der Waals surface area contributed by atoms with Crippen LogP contribution in [0.25, 0.3) is 5.69 Å². The number of nitrogens with zero attached hydrogens (tertiary/aromatic N) is 4. The van der Waals surface area contributed by atoms with E-state index in [0.717, 1.165) is 38.5 Å². The maximum Gasteiger partial charge on any atom is 0.0829 e. The zero-order valence-electron chi connectivity index (χ0n) is 13.4. The standard InChI is InChI=1S/C17H24N4O/c1-19(2)13-17-14-20(10-11-22-17)12-15-4-6-16(7-5-15)21-9-3-8-18-21/h3-9,17H,10-14H2,1-2H3/t17-/m1/s1. The second kappa shape index (κ2) is 7.05. The molecule has 0 amide bonds. The number of likely N-dealkylation sites (N-methyl/N-ethyl adjacent to an activating group) is 1. The Labute approximate surface area is 132 Å². The summed E-state index contributed by atoms with van der Waals surface area (Å²) in [5.41, 5.74) is 2.43. The number of benzene rings is 1. The zero-order valence-corrected chi connectivity index (χ0v) is 13.4. The summed E-state index contributed by atoms with van der Waals surface area (Å²) in [5.74, 6) is 0. The molecule has 5 heteroatoms. The molecule has 0 N–H and O–H groups in total. The molecule has 5 nitrogen and oxygen atoms in total. The van der Waals surface area contributed by atoms with Crippen LogP contribution in [0, 0.1) is 0 Å². The van der Waals surface area contributed by atoms with Crippen molar-refractivity contribution in [3.63, 3.8) is 0 Å². The Kier molecular flexibility index (Phi) is 4.87. The van der Waals surface area contributed by atoms with E-state index >= 15 is 0 Å². The molecule has 0 radical (unpaired) electrons. The topological polar surface area (TPSA) is 33.5 Å². The third kappa shape index (κ3) is 3.94. The summed E-state index contributed by atoms with van der Waals surface area (Å²) >= 11 is 0. The zero-order chi connectivity index (χ0) is 15.4. The fraction of sp³-hybridized carbons (Fsp3) is 0.471. The van der Waals surface area contributed by atoms with Crippen molar-refractivity contribution in [1.29, 1.82) is 0 Å². The van der Waals surface area contributed by atoms with E-state index in [-0.39, 0.29) is 0 Å². The largest absolute Gasteiger partial charge is 0.374 e. The maximum atomic E-state index is 5.83. The van der Waals surface area contributed by atoms with Gasteiger partial charge in [-0.15, -0.1) is 0 Å². The molecule has 1 aliphatic heterocycles. The van der Waals surface area contributed by atoms with E-state index in [0.29, 0.717) is 6.10 Å². The average Bonchev–Trinajstić information content (AvgIpc) is 3.02. The monoisotopic (exact) mass is 300 g/mol. The van der Waals surface area contributed by atoms with E-state index in [4.69, 9.17) is 4.74 Å². The molecule has 3 rings (SSSR count). The lowest BCUT2D eigenvalue weighted by Crippen LogP contribution is -2.45. The number of rotatable bonds is 5. The van der Waals surface area contributed by atoms with Crippen LogP contribution >= 0.6 is 0 Å². The van der Waals surface area contributed by atoms with Crippen molar-refractivity contribution in [3.05, 3.63) is 48.3 Å². The highest BCUT2D eigenvalue weighted by atomic mass is 16.5. The minimum atomic E-state index is 0.312. The SMILES string of the molecule is CN(C)C[C@@H]1CN(Cc2ccc(-n3cccn3)cc2)CCO1. The van der Waals surface area contributed by atoms with E-state index in [1.165, 1.54) is 5.56 Å². The third-order valence-electron chi connectivity index (χ3n) is 3.90. The summed E-state index contributed by atoms with van der Waals surface area (Å²) in [7, 11) is 4.19. The van der Waals surface area contributed by atoms with Gasteiger partial charge in [0.1, 0.15) is 0 Å². The number of hydrogen-bond donors (Lipinski definition) is 0. The van der Waals surface area contributed by atoms with Gasteiger partial charge in [-0.25, -0.2) is 4.68 Å². The average molecular weight is 300 g/mol. The maximum absolute atomic E-state index is 5.83. The van der Waals surface area contributed by atoms with Crippen LogP contribution in [-0.4, -0.2) is 66.0 Å². The summed E-state index contributed by atoms with van der Waals surface area (Å²) in [6.45, 7) is 4.79. The lowest BCUT2D eigenvalue weighted by Gasteiger charge is -2.34. The van der Waals surface area contributed by atoms with Gasteiger partial charge in [0.15, 0.2) is 0 Å². The molecule has 1 aromatic carbocycles. The Morgan fingerprint density at radius 1 is 1.27 bits per heavy atom. The molecule has 1 atom stereocenters.